The minimum atomic E-state index is -1.29. The van der Waals surface area contributed by atoms with Crippen molar-refractivity contribution in [2.75, 3.05) is 0 Å². The predicted molar refractivity (Wildman–Crippen MR) is 96.7 cm³/mol. The van der Waals surface area contributed by atoms with Crippen molar-refractivity contribution in [2.24, 2.45) is 0 Å². The number of rotatable bonds is 0. The van der Waals surface area contributed by atoms with Gasteiger partial charge in [0.05, 0.1) is 10.0 Å². The molecule has 0 atom stereocenters. The van der Waals surface area contributed by atoms with Crippen molar-refractivity contribution in [3.63, 3.8) is 0 Å². The second-order valence-corrected chi connectivity index (χ2v) is 11.1. The standard InChI is InChI=1S/C10H12ClNSi.C7H4ClN/c1-13(2,3)5-4-9-6-10(11)8-12-7-9;1-2-6-3-7(8)5-9-4-6/h6-8H,1-3H3;1,3-5H. The molecule has 0 aliphatic heterocycles. The summed E-state index contributed by atoms with van der Waals surface area (Å²) >= 11 is 11.3. The lowest BCUT2D eigenvalue weighted by Crippen LogP contribution is -2.16. The molecule has 0 fully saturated rings. The van der Waals surface area contributed by atoms with Gasteiger partial charge < -0.3 is 0 Å². The van der Waals surface area contributed by atoms with E-state index in [2.05, 4.69) is 47.0 Å². The number of terminal acetylenes is 1. The zero-order valence-electron chi connectivity index (χ0n) is 12.7. The first kappa shape index (κ1) is 18.3. The maximum atomic E-state index is 5.78. The summed E-state index contributed by atoms with van der Waals surface area (Å²) in [5.41, 5.74) is 4.86. The van der Waals surface area contributed by atoms with E-state index in [0.29, 0.717) is 15.6 Å². The van der Waals surface area contributed by atoms with Crippen molar-refractivity contribution in [1.29, 1.82) is 0 Å². The molecule has 0 aromatic carbocycles. The smallest absolute Gasteiger partial charge is 0.129 e. The van der Waals surface area contributed by atoms with Crippen LogP contribution in [0.15, 0.2) is 36.9 Å². The van der Waals surface area contributed by atoms with Crippen LogP contribution in [-0.4, -0.2) is 18.0 Å². The topological polar surface area (TPSA) is 25.8 Å². The highest BCUT2D eigenvalue weighted by atomic mass is 35.5. The van der Waals surface area contributed by atoms with Crippen LogP contribution in [0.2, 0.25) is 29.7 Å². The summed E-state index contributed by atoms with van der Waals surface area (Å²) < 4.78 is 0. The fourth-order valence-electron chi connectivity index (χ4n) is 1.23. The first-order valence-corrected chi connectivity index (χ1v) is 10.8. The van der Waals surface area contributed by atoms with E-state index in [0.717, 1.165) is 5.56 Å². The highest BCUT2D eigenvalue weighted by Gasteiger charge is 2.07. The summed E-state index contributed by atoms with van der Waals surface area (Å²) in [5.74, 6) is 5.51. The molecule has 0 amide bonds. The molecule has 2 heterocycles. The summed E-state index contributed by atoms with van der Waals surface area (Å²) in [6, 6.07) is 3.52. The Morgan fingerprint density at radius 1 is 0.909 bits per heavy atom. The number of hydrogen-bond acceptors (Lipinski definition) is 2. The van der Waals surface area contributed by atoms with Gasteiger partial charge in [-0.25, -0.2) is 0 Å². The molecule has 5 heteroatoms. The molecular formula is C17H16Cl2N2Si. The number of aromatic nitrogens is 2. The Hall–Kier alpha value is -1.78. The van der Waals surface area contributed by atoms with E-state index in [1.165, 1.54) is 0 Å². The predicted octanol–water partition coefficient (Wildman–Crippen LogP) is 4.68. The monoisotopic (exact) mass is 346 g/mol. The van der Waals surface area contributed by atoms with Gasteiger partial charge in [-0.1, -0.05) is 54.7 Å². The number of pyridine rings is 2. The van der Waals surface area contributed by atoms with E-state index < -0.39 is 8.07 Å². The summed E-state index contributed by atoms with van der Waals surface area (Å²) in [7, 11) is -1.29. The van der Waals surface area contributed by atoms with Gasteiger partial charge in [0, 0.05) is 35.9 Å². The van der Waals surface area contributed by atoms with E-state index in [1.54, 1.807) is 30.9 Å². The van der Waals surface area contributed by atoms with Gasteiger partial charge in [-0.05, 0) is 12.1 Å². The van der Waals surface area contributed by atoms with E-state index >= 15 is 0 Å². The molecule has 2 nitrogen and oxygen atoms in total. The first-order chi connectivity index (χ1) is 10.3. The molecule has 0 saturated heterocycles. The average molecular weight is 347 g/mol. The summed E-state index contributed by atoms with van der Waals surface area (Å²) in [6.07, 6.45) is 11.6. The Morgan fingerprint density at radius 2 is 1.41 bits per heavy atom. The van der Waals surface area contributed by atoms with Gasteiger partial charge in [0.1, 0.15) is 8.07 Å². The molecule has 0 aliphatic carbocycles. The molecule has 0 saturated carbocycles. The molecule has 0 spiro atoms. The number of hydrogen-bond donors (Lipinski definition) is 0. The average Bonchev–Trinajstić information content (AvgIpc) is 2.45. The number of halogens is 2. The van der Waals surface area contributed by atoms with Gasteiger partial charge in [-0.15, -0.1) is 12.0 Å². The fourth-order valence-corrected chi connectivity index (χ4v) is 2.10. The van der Waals surface area contributed by atoms with Crippen molar-refractivity contribution >= 4 is 31.3 Å². The molecule has 0 unspecified atom stereocenters. The van der Waals surface area contributed by atoms with Crippen LogP contribution in [0.3, 0.4) is 0 Å². The Labute approximate surface area is 142 Å². The lowest BCUT2D eigenvalue weighted by atomic mass is 10.3. The Balaban J connectivity index is 0.000000235. The van der Waals surface area contributed by atoms with Crippen LogP contribution in [-0.2, 0) is 0 Å². The summed E-state index contributed by atoms with van der Waals surface area (Å²) in [6.45, 7) is 6.62. The van der Waals surface area contributed by atoms with E-state index in [-0.39, 0.29) is 0 Å². The largest absolute Gasteiger partial charge is 0.262 e. The lowest BCUT2D eigenvalue weighted by molar-refractivity contribution is 1.31. The second kappa shape index (κ2) is 8.61. The van der Waals surface area contributed by atoms with Crippen LogP contribution in [0, 0.1) is 23.8 Å². The minimum absolute atomic E-state index is 0.574. The molecular weight excluding hydrogens is 331 g/mol. The first-order valence-electron chi connectivity index (χ1n) is 6.51. The van der Waals surface area contributed by atoms with Gasteiger partial charge in [-0.3, -0.25) is 9.97 Å². The van der Waals surface area contributed by atoms with E-state index in [4.69, 9.17) is 29.6 Å². The van der Waals surface area contributed by atoms with Gasteiger partial charge in [0.2, 0.25) is 0 Å². The lowest BCUT2D eigenvalue weighted by Gasteiger charge is -2.03. The van der Waals surface area contributed by atoms with Gasteiger partial charge in [0.25, 0.3) is 0 Å². The highest BCUT2D eigenvalue weighted by molar-refractivity contribution is 6.83. The van der Waals surface area contributed by atoms with Crippen molar-refractivity contribution in [1.82, 2.24) is 9.97 Å². The van der Waals surface area contributed by atoms with Crippen LogP contribution >= 0.6 is 23.2 Å². The molecule has 0 N–H and O–H groups in total. The highest BCUT2D eigenvalue weighted by Crippen LogP contribution is 2.08. The normalized spacial score (nSPS) is 9.64. The second-order valence-electron chi connectivity index (χ2n) is 5.43. The van der Waals surface area contributed by atoms with Gasteiger partial charge >= 0.3 is 0 Å². The molecule has 2 rings (SSSR count). The maximum absolute atomic E-state index is 5.78. The zero-order valence-corrected chi connectivity index (χ0v) is 15.2. The zero-order chi connectivity index (χ0) is 16.6. The quantitative estimate of drug-likeness (QED) is 0.511. The van der Waals surface area contributed by atoms with Crippen LogP contribution in [0.5, 0.6) is 0 Å². The van der Waals surface area contributed by atoms with Crippen molar-refractivity contribution in [2.45, 2.75) is 19.6 Å². The molecule has 22 heavy (non-hydrogen) atoms. The number of nitrogens with zero attached hydrogens (tertiary/aromatic N) is 2. The molecule has 0 radical (unpaired) electrons. The Morgan fingerprint density at radius 3 is 1.82 bits per heavy atom. The minimum Gasteiger partial charge on any atom is -0.262 e. The third kappa shape index (κ3) is 7.86. The summed E-state index contributed by atoms with van der Waals surface area (Å²) in [5, 5.41) is 1.22. The van der Waals surface area contributed by atoms with Crippen LogP contribution < -0.4 is 0 Å². The van der Waals surface area contributed by atoms with Crippen LogP contribution in [0.25, 0.3) is 0 Å². The molecule has 2 aromatic rings. The van der Waals surface area contributed by atoms with E-state index in [9.17, 15) is 0 Å². The Bertz CT molecular complexity index is 735. The van der Waals surface area contributed by atoms with Crippen LogP contribution in [0.1, 0.15) is 11.1 Å². The molecule has 2 aromatic heterocycles. The molecule has 0 bridgehead atoms. The fraction of sp³-hybridized carbons (Fsp3) is 0.176. The molecule has 112 valence electrons. The molecule has 0 aliphatic rings. The van der Waals surface area contributed by atoms with Crippen molar-refractivity contribution < 1.29 is 0 Å². The summed E-state index contributed by atoms with van der Waals surface area (Å²) in [4.78, 5) is 7.75. The Kier molecular flexibility index (Phi) is 7.15. The maximum Gasteiger partial charge on any atom is 0.129 e. The van der Waals surface area contributed by atoms with Crippen molar-refractivity contribution in [3.05, 3.63) is 58.1 Å². The third-order valence-electron chi connectivity index (χ3n) is 2.16. The SMILES string of the molecule is C#Cc1cncc(Cl)c1.C[Si](C)(C)C#Cc1cncc(Cl)c1. The van der Waals surface area contributed by atoms with Gasteiger partial charge in [0.15, 0.2) is 0 Å². The third-order valence-corrected chi connectivity index (χ3v) is 3.45. The van der Waals surface area contributed by atoms with Crippen LogP contribution in [0.4, 0.5) is 0 Å². The van der Waals surface area contributed by atoms with Crippen molar-refractivity contribution in [3.8, 4) is 23.8 Å². The van der Waals surface area contributed by atoms with E-state index in [1.807, 2.05) is 6.07 Å². The van der Waals surface area contributed by atoms with Gasteiger partial charge in [-0.2, -0.15) is 0 Å².